The van der Waals surface area contributed by atoms with E-state index in [-0.39, 0.29) is 0 Å². The van der Waals surface area contributed by atoms with E-state index in [1.54, 1.807) is 12.1 Å². The van der Waals surface area contributed by atoms with Crippen LogP contribution in [0.5, 0.6) is 0 Å². The molecule has 2 rings (SSSR count). The van der Waals surface area contributed by atoms with Gasteiger partial charge in [0.05, 0.1) is 5.56 Å². The second-order valence-corrected chi connectivity index (χ2v) is 5.23. The molecule has 0 saturated heterocycles. The third kappa shape index (κ3) is 3.41. The van der Waals surface area contributed by atoms with Crippen LogP contribution in [-0.4, -0.2) is 0 Å². The first-order chi connectivity index (χ1) is 9.38. The Hall–Kier alpha value is -1.77. The highest BCUT2D eigenvalue weighted by Gasteiger charge is 2.32. The van der Waals surface area contributed by atoms with Crippen LogP contribution in [-0.2, 0) is 12.6 Å². The Morgan fingerprint density at radius 2 is 1.50 bits per heavy atom. The zero-order valence-corrected chi connectivity index (χ0v) is 11.5. The number of rotatable bonds is 3. The van der Waals surface area contributed by atoms with Crippen LogP contribution in [0.3, 0.4) is 0 Å². The number of halogens is 3. The van der Waals surface area contributed by atoms with Crippen molar-refractivity contribution in [2.45, 2.75) is 32.4 Å². The molecular formula is C17H17F3. The van der Waals surface area contributed by atoms with Gasteiger partial charge >= 0.3 is 6.18 Å². The molecule has 0 nitrogen and oxygen atoms in total. The molecule has 0 spiro atoms. The van der Waals surface area contributed by atoms with Gasteiger partial charge in [-0.3, -0.25) is 0 Å². The van der Waals surface area contributed by atoms with E-state index in [9.17, 15) is 13.2 Å². The Morgan fingerprint density at radius 3 is 2.05 bits per heavy atom. The second kappa shape index (κ2) is 5.70. The molecule has 3 heteroatoms. The Balaban J connectivity index is 2.26. The second-order valence-electron chi connectivity index (χ2n) is 5.23. The molecule has 0 heterocycles. The van der Waals surface area contributed by atoms with Crippen molar-refractivity contribution in [1.82, 2.24) is 0 Å². The minimum absolute atomic E-state index is 0.300. The van der Waals surface area contributed by atoms with Crippen molar-refractivity contribution < 1.29 is 13.2 Å². The highest BCUT2D eigenvalue weighted by molar-refractivity contribution is 5.35. The van der Waals surface area contributed by atoms with Gasteiger partial charge in [-0.05, 0) is 35.1 Å². The fourth-order valence-corrected chi connectivity index (χ4v) is 2.19. The summed E-state index contributed by atoms with van der Waals surface area (Å²) in [4.78, 5) is 0. The molecule has 20 heavy (non-hydrogen) atoms. The van der Waals surface area contributed by atoms with Gasteiger partial charge in [-0.2, -0.15) is 13.2 Å². The average Bonchev–Trinajstić information content (AvgIpc) is 2.38. The van der Waals surface area contributed by atoms with Gasteiger partial charge in [-0.1, -0.05) is 56.3 Å². The standard InChI is InChI=1S/C17H17F3/c1-12(2)14-9-7-13(8-10-14)11-15-5-3-4-6-16(15)17(18,19)20/h3-10,12H,11H2,1-2H3. The van der Waals surface area contributed by atoms with Crippen LogP contribution in [0, 0.1) is 0 Å². The Kier molecular flexibility index (Phi) is 4.17. The van der Waals surface area contributed by atoms with Crippen molar-refractivity contribution in [3.8, 4) is 0 Å². The topological polar surface area (TPSA) is 0 Å². The molecule has 0 amide bonds. The van der Waals surface area contributed by atoms with E-state index in [0.29, 0.717) is 17.9 Å². The normalized spacial score (nSPS) is 11.9. The van der Waals surface area contributed by atoms with Crippen molar-refractivity contribution >= 4 is 0 Å². The quantitative estimate of drug-likeness (QED) is 0.703. The summed E-state index contributed by atoms with van der Waals surface area (Å²) in [5.74, 6) is 0.423. The lowest BCUT2D eigenvalue weighted by molar-refractivity contribution is -0.138. The molecule has 0 aliphatic heterocycles. The molecule has 0 aromatic heterocycles. The fraction of sp³-hybridized carbons (Fsp3) is 0.294. The average molecular weight is 278 g/mol. The van der Waals surface area contributed by atoms with Gasteiger partial charge < -0.3 is 0 Å². The number of alkyl halides is 3. The van der Waals surface area contributed by atoms with Crippen LogP contribution < -0.4 is 0 Å². The molecule has 0 atom stereocenters. The van der Waals surface area contributed by atoms with Crippen LogP contribution in [0.15, 0.2) is 48.5 Å². The first-order valence-electron chi connectivity index (χ1n) is 6.62. The third-order valence-corrected chi connectivity index (χ3v) is 3.36. The fourth-order valence-electron chi connectivity index (χ4n) is 2.19. The molecule has 0 fully saturated rings. The molecule has 2 aromatic rings. The number of benzene rings is 2. The summed E-state index contributed by atoms with van der Waals surface area (Å²) < 4.78 is 38.8. The van der Waals surface area contributed by atoms with Crippen molar-refractivity contribution in [3.63, 3.8) is 0 Å². The molecule has 0 unspecified atom stereocenters. The highest BCUT2D eigenvalue weighted by atomic mass is 19.4. The van der Waals surface area contributed by atoms with E-state index < -0.39 is 11.7 Å². The lowest BCUT2D eigenvalue weighted by Gasteiger charge is -2.13. The van der Waals surface area contributed by atoms with Crippen molar-refractivity contribution in [1.29, 1.82) is 0 Å². The lowest BCUT2D eigenvalue weighted by Crippen LogP contribution is -2.09. The van der Waals surface area contributed by atoms with E-state index in [0.717, 1.165) is 11.6 Å². The van der Waals surface area contributed by atoms with E-state index in [4.69, 9.17) is 0 Å². The van der Waals surface area contributed by atoms with Crippen molar-refractivity contribution in [3.05, 3.63) is 70.8 Å². The minimum Gasteiger partial charge on any atom is -0.166 e. The number of hydrogen-bond donors (Lipinski definition) is 0. The maximum absolute atomic E-state index is 12.9. The van der Waals surface area contributed by atoms with Gasteiger partial charge in [0.15, 0.2) is 0 Å². The van der Waals surface area contributed by atoms with Gasteiger partial charge in [0.25, 0.3) is 0 Å². The Bertz CT molecular complexity index is 566. The molecule has 0 bridgehead atoms. The van der Waals surface area contributed by atoms with Crippen molar-refractivity contribution in [2.75, 3.05) is 0 Å². The van der Waals surface area contributed by atoms with E-state index >= 15 is 0 Å². The van der Waals surface area contributed by atoms with Crippen LogP contribution in [0.25, 0.3) is 0 Å². The molecule has 0 N–H and O–H groups in total. The third-order valence-electron chi connectivity index (χ3n) is 3.36. The Morgan fingerprint density at radius 1 is 0.900 bits per heavy atom. The lowest BCUT2D eigenvalue weighted by atomic mass is 9.96. The van der Waals surface area contributed by atoms with Gasteiger partial charge in [0.2, 0.25) is 0 Å². The van der Waals surface area contributed by atoms with Crippen LogP contribution >= 0.6 is 0 Å². The van der Waals surface area contributed by atoms with E-state index in [2.05, 4.69) is 13.8 Å². The summed E-state index contributed by atoms with van der Waals surface area (Å²) >= 11 is 0. The van der Waals surface area contributed by atoms with Crippen LogP contribution in [0.4, 0.5) is 13.2 Å². The summed E-state index contributed by atoms with van der Waals surface area (Å²) in [6.07, 6.45) is -4.00. The van der Waals surface area contributed by atoms with Gasteiger partial charge in [0.1, 0.15) is 0 Å². The van der Waals surface area contributed by atoms with Gasteiger partial charge in [-0.25, -0.2) is 0 Å². The monoisotopic (exact) mass is 278 g/mol. The first-order valence-corrected chi connectivity index (χ1v) is 6.62. The summed E-state index contributed by atoms with van der Waals surface area (Å²) in [6, 6.07) is 13.5. The molecule has 0 aliphatic carbocycles. The van der Waals surface area contributed by atoms with Crippen molar-refractivity contribution in [2.24, 2.45) is 0 Å². The summed E-state index contributed by atoms with van der Waals surface area (Å²) in [7, 11) is 0. The molecule has 2 aromatic carbocycles. The highest BCUT2D eigenvalue weighted by Crippen LogP contribution is 2.32. The molecule has 106 valence electrons. The van der Waals surface area contributed by atoms with Gasteiger partial charge in [0, 0.05) is 0 Å². The smallest absolute Gasteiger partial charge is 0.166 e. The van der Waals surface area contributed by atoms with Crippen LogP contribution in [0.2, 0.25) is 0 Å². The summed E-state index contributed by atoms with van der Waals surface area (Å²) in [6.45, 7) is 4.18. The largest absolute Gasteiger partial charge is 0.416 e. The zero-order chi connectivity index (χ0) is 14.8. The zero-order valence-electron chi connectivity index (χ0n) is 11.5. The van der Waals surface area contributed by atoms with Crippen LogP contribution in [0.1, 0.15) is 42.0 Å². The Labute approximate surface area is 117 Å². The number of hydrogen-bond acceptors (Lipinski definition) is 0. The predicted molar refractivity (Wildman–Crippen MR) is 74.8 cm³/mol. The molecule has 0 aliphatic rings. The SMILES string of the molecule is CC(C)c1ccc(Cc2ccccc2C(F)(F)F)cc1. The summed E-state index contributed by atoms with van der Waals surface area (Å²) in [5, 5.41) is 0. The first kappa shape index (κ1) is 14.6. The minimum atomic E-state index is -4.30. The van der Waals surface area contributed by atoms with Gasteiger partial charge in [-0.15, -0.1) is 0 Å². The molecule has 0 radical (unpaired) electrons. The molecule has 0 saturated carbocycles. The molecular weight excluding hydrogens is 261 g/mol. The summed E-state index contributed by atoms with van der Waals surface area (Å²) in [5.41, 5.74) is 1.86. The van der Waals surface area contributed by atoms with E-state index in [1.807, 2.05) is 24.3 Å². The van der Waals surface area contributed by atoms with E-state index in [1.165, 1.54) is 11.6 Å². The predicted octanol–water partition coefficient (Wildman–Crippen LogP) is 5.42. The maximum Gasteiger partial charge on any atom is 0.416 e. The maximum atomic E-state index is 12.9.